The lowest BCUT2D eigenvalue weighted by atomic mass is 10.0. The van der Waals surface area contributed by atoms with E-state index in [4.69, 9.17) is 0 Å². The van der Waals surface area contributed by atoms with Crippen LogP contribution < -0.4 is 4.90 Å². The summed E-state index contributed by atoms with van der Waals surface area (Å²) in [4.78, 5) is 23.5. The van der Waals surface area contributed by atoms with Gasteiger partial charge in [0.15, 0.2) is 0 Å². The van der Waals surface area contributed by atoms with Crippen molar-refractivity contribution in [3.05, 3.63) is 78.2 Å². The van der Waals surface area contributed by atoms with Gasteiger partial charge in [-0.15, -0.1) is 0 Å². The molecule has 0 saturated heterocycles. The molecule has 0 N–H and O–H groups in total. The van der Waals surface area contributed by atoms with E-state index in [9.17, 15) is 4.79 Å². The monoisotopic (exact) mass is 315 g/mol. The number of nitrogens with zero attached hydrogens (tertiary/aromatic N) is 3. The van der Waals surface area contributed by atoms with Gasteiger partial charge in [-0.2, -0.15) is 0 Å². The lowest BCUT2D eigenvalue weighted by Gasteiger charge is -2.29. The van der Waals surface area contributed by atoms with Crippen LogP contribution in [0.25, 0.3) is 11.3 Å². The highest BCUT2D eigenvalue weighted by molar-refractivity contribution is 6.05. The molecule has 2 heterocycles. The van der Waals surface area contributed by atoms with Gasteiger partial charge in [-0.1, -0.05) is 48.5 Å². The van der Waals surface area contributed by atoms with Crippen molar-refractivity contribution in [1.29, 1.82) is 0 Å². The zero-order valence-electron chi connectivity index (χ0n) is 13.2. The van der Waals surface area contributed by atoms with Crippen LogP contribution in [0.5, 0.6) is 0 Å². The average Bonchev–Trinajstić information content (AvgIpc) is 2.68. The van der Waals surface area contributed by atoms with Gasteiger partial charge in [-0.25, -0.2) is 4.98 Å². The molecule has 0 unspecified atom stereocenters. The Balaban J connectivity index is 1.69. The maximum atomic E-state index is 13.0. The van der Waals surface area contributed by atoms with E-state index in [1.54, 1.807) is 12.4 Å². The third-order valence-electron chi connectivity index (χ3n) is 4.28. The molecule has 0 saturated carbocycles. The van der Waals surface area contributed by atoms with Crippen LogP contribution in [0.1, 0.15) is 22.5 Å². The number of fused-ring (bicyclic) bond motifs is 1. The molecule has 1 aliphatic heterocycles. The maximum Gasteiger partial charge on any atom is 0.278 e. The average molecular weight is 315 g/mol. The summed E-state index contributed by atoms with van der Waals surface area (Å²) >= 11 is 0. The summed E-state index contributed by atoms with van der Waals surface area (Å²) in [6.45, 7) is 0.715. The van der Waals surface area contributed by atoms with E-state index < -0.39 is 0 Å². The van der Waals surface area contributed by atoms with Gasteiger partial charge >= 0.3 is 0 Å². The van der Waals surface area contributed by atoms with Crippen molar-refractivity contribution in [3.63, 3.8) is 0 Å². The zero-order valence-corrected chi connectivity index (χ0v) is 13.2. The van der Waals surface area contributed by atoms with Crippen LogP contribution >= 0.6 is 0 Å². The Morgan fingerprint density at radius 3 is 2.62 bits per heavy atom. The molecule has 3 aromatic rings. The first kappa shape index (κ1) is 14.6. The second-order valence-electron chi connectivity index (χ2n) is 5.84. The van der Waals surface area contributed by atoms with E-state index in [0.29, 0.717) is 17.9 Å². The Kier molecular flexibility index (Phi) is 3.79. The molecule has 4 rings (SSSR count). The Bertz CT molecular complexity index is 877. The van der Waals surface area contributed by atoms with Crippen molar-refractivity contribution in [2.75, 3.05) is 11.4 Å². The summed E-state index contributed by atoms with van der Waals surface area (Å²) in [5, 5.41) is 0. The molecule has 0 atom stereocenters. The molecule has 0 bridgehead atoms. The molecule has 0 aliphatic carbocycles. The highest BCUT2D eigenvalue weighted by Crippen LogP contribution is 2.28. The van der Waals surface area contributed by atoms with E-state index in [2.05, 4.69) is 16.0 Å². The molecule has 24 heavy (non-hydrogen) atoms. The number of rotatable bonds is 2. The van der Waals surface area contributed by atoms with Gasteiger partial charge in [0.1, 0.15) is 5.69 Å². The van der Waals surface area contributed by atoms with Crippen LogP contribution in [0.3, 0.4) is 0 Å². The van der Waals surface area contributed by atoms with Crippen LogP contribution in [0.15, 0.2) is 67.0 Å². The summed E-state index contributed by atoms with van der Waals surface area (Å²) in [7, 11) is 0. The first-order valence-corrected chi connectivity index (χ1v) is 8.10. The van der Waals surface area contributed by atoms with Gasteiger partial charge in [0, 0.05) is 17.8 Å². The van der Waals surface area contributed by atoms with Crippen molar-refractivity contribution in [3.8, 4) is 11.3 Å². The second-order valence-corrected chi connectivity index (χ2v) is 5.84. The van der Waals surface area contributed by atoms with E-state index in [1.807, 2.05) is 53.4 Å². The number of benzene rings is 2. The smallest absolute Gasteiger partial charge is 0.278 e. The summed E-state index contributed by atoms with van der Waals surface area (Å²) in [6.07, 6.45) is 5.21. The number of aromatic nitrogens is 2. The first-order valence-electron chi connectivity index (χ1n) is 8.10. The molecule has 0 spiro atoms. The summed E-state index contributed by atoms with van der Waals surface area (Å²) in [5.74, 6) is -0.0903. The minimum Gasteiger partial charge on any atom is -0.307 e. The number of carbonyl (C=O) groups excluding carboxylic acids is 1. The summed E-state index contributed by atoms with van der Waals surface area (Å²) in [5.41, 5.74) is 4.25. The van der Waals surface area contributed by atoms with E-state index in [1.165, 1.54) is 5.56 Å². The predicted octanol–water partition coefficient (Wildman–Crippen LogP) is 3.74. The quantitative estimate of drug-likeness (QED) is 0.724. The third-order valence-corrected chi connectivity index (χ3v) is 4.28. The van der Waals surface area contributed by atoms with E-state index in [0.717, 1.165) is 24.1 Å². The highest BCUT2D eigenvalue weighted by atomic mass is 16.2. The highest BCUT2D eigenvalue weighted by Gasteiger charge is 2.24. The van der Waals surface area contributed by atoms with Crippen LogP contribution in [0.2, 0.25) is 0 Å². The van der Waals surface area contributed by atoms with Crippen molar-refractivity contribution < 1.29 is 4.79 Å². The Morgan fingerprint density at radius 2 is 1.75 bits per heavy atom. The SMILES string of the molecule is O=C(c1cncc(-c2ccccc2)n1)N1CCCc2ccccc21. The molecular weight excluding hydrogens is 298 g/mol. The number of para-hydroxylation sites is 1. The molecule has 0 fully saturated rings. The molecule has 4 nitrogen and oxygen atoms in total. The number of aryl methyl sites for hydroxylation is 1. The number of anilines is 1. The van der Waals surface area contributed by atoms with Gasteiger partial charge in [0.2, 0.25) is 0 Å². The lowest BCUT2D eigenvalue weighted by molar-refractivity contribution is 0.0980. The van der Waals surface area contributed by atoms with Crippen molar-refractivity contribution in [2.24, 2.45) is 0 Å². The lowest BCUT2D eigenvalue weighted by Crippen LogP contribution is -2.36. The molecular formula is C20H17N3O. The van der Waals surface area contributed by atoms with Crippen LogP contribution in [-0.2, 0) is 6.42 Å². The maximum absolute atomic E-state index is 13.0. The van der Waals surface area contributed by atoms with E-state index in [-0.39, 0.29) is 5.91 Å². The Labute approximate surface area is 140 Å². The fraction of sp³-hybridized carbons (Fsp3) is 0.150. The normalized spacial score (nSPS) is 13.4. The van der Waals surface area contributed by atoms with Crippen LogP contribution in [-0.4, -0.2) is 22.4 Å². The largest absolute Gasteiger partial charge is 0.307 e. The van der Waals surface area contributed by atoms with Gasteiger partial charge in [0.05, 0.1) is 18.1 Å². The fourth-order valence-corrected chi connectivity index (χ4v) is 3.10. The molecule has 2 aromatic carbocycles. The van der Waals surface area contributed by atoms with Crippen LogP contribution in [0, 0.1) is 0 Å². The summed E-state index contributed by atoms with van der Waals surface area (Å²) < 4.78 is 0. The molecule has 118 valence electrons. The topological polar surface area (TPSA) is 46.1 Å². The fourth-order valence-electron chi connectivity index (χ4n) is 3.10. The summed E-state index contributed by atoms with van der Waals surface area (Å²) in [6, 6.07) is 17.9. The van der Waals surface area contributed by atoms with Gasteiger partial charge in [-0.05, 0) is 24.5 Å². The Hall–Kier alpha value is -3.01. The standard InChI is InChI=1S/C20H17N3O/c24-20(23-12-6-10-16-9-4-5-11-19(16)23)18-14-21-13-17(22-18)15-7-2-1-3-8-15/h1-5,7-9,11,13-14H,6,10,12H2. The van der Waals surface area contributed by atoms with Crippen molar-refractivity contribution in [2.45, 2.75) is 12.8 Å². The number of hydrogen-bond donors (Lipinski definition) is 0. The Morgan fingerprint density at radius 1 is 0.958 bits per heavy atom. The van der Waals surface area contributed by atoms with Crippen molar-refractivity contribution >= 4 is 11.6 Å². The zero-order chi connectivity index (χ0) is 16.4. The van der Waals surface area contributed by atoms with Crippen molar-refractivity contribution in [1.82, 2.24) is 9.97 Å². The molecule has 1 amide bonds. The van der Waals surface area contributed by atoms with Gasteiger partial charge in [-0.3, -0.25) is 9.78 Å². The van der Waals surface area contributed by atoms with Crippen LogP contribution in [0.4, 0.5) is 5.69 Å². The minimum absolute atomic E-state index is 0.0903. The van der Waals surface area contributed by atoms with Gasteiger partial charge in [0.25, 0.3) is 5.91 Å². The third kappa shape index (κ3) is 2.67. The minimum atomic E-state index is -0.0903. The number of carbonyl (C=O) groups is 1. The van der Waals surface area contributed by atoms with E-state index >= 15 is 0 Å². The van der Waals surface area contributed by atoms with Gasteiger partial charge < -0.3 is 4.90 Å². The molecule has 0 radical (unpaired) electrons. The number of hydrogen-bond acceptors (Lipinski definition) is 3. The second kappa shape index (κ2) is 6.24. The molecule has 4 heteroatoms. The molecule has 1 aliphatic rings. The molecule has 1 aromatic heterocycles. The number of amides is 1. The first-order chi connectivity index (χ1) is 11.8. The predicted molar refractivity (Wildman–Crippen MR) is 93.9 cm³/mol.